The van der Waals surface area contributed by atoms with Gasteiger partial charge in [0.05, 0.1) is 0 Å². The van der Waals surface area contributed by atoms with Crippen LogP contribution in [0, 0.1) is 0 Å². The summed E-state index contributed by atoms with van der Waals surface area (Å²) in [6, 6.07) is 0.106. The predicted molar refractivity (Wildman–Crippen MR) is 69.0 cm³/mol. The van der Waals surface area contributed by atoms with Gasteiger partial charge in [-0.15, -0.1) is 0 Å². The Balaban J connectivity index is 2.03. The second-order valence-corrected chi connectivity index (χ2v) is 4.77. The average molecular weight is 242 g/mol. The van der Waals surface area contributed by atoms with Crippen molar-refractivity contribution in [2.24, 2.45) is 0 Å². The van der Waals surface area contributed by atoms with E-state index in [-0.39, 0.29) is 12.6 Å². The zero-order chi connectivity index (χ0) is 12.3. The monoisotopic (exact) mass is 242 g/mol. The van der Waals surface area contributed by atoms with E-state index >= 15 is 0 Å². The molecule has 0 radical (unpaired) electrons. The molecule has 1 heterocycles. The second kappa shape index (κ2) is 9.28. The summed E-state index contributed by atoms with van der Waals surface area (Å²) in [6.45, 7) is 2.87. The highest BCUT2D eigenvalue weighted by Gasteiger charge is 2.14. The first-order valence-electron chi connectivity index (χ1n) is 6.98. The van der Waals surface area contributed by atoms with Crippen LogP contribution in [0.3, 0.4) is 0 Å². The maximum atomic E-state index is 11.8. The molecule has 0 aromatic carbocycles. The lowest BCUT2D eigenvalue weighted by Gasteiger charge is -2.20. The van der Waals surface area contributed by atoms with Crippen molar-refractivity contribution >= 4 is 6.03 Å². The minimum absolute atomic E-state index is 0.106. The predicted octanol–water partition coefficient (Wildman–Crippen LogP) is 2.12. The highest BCUT2D eigenvalue weighted by molar-refractivity contribution is 5.74. The van der Waals surface area contributed by atoms with Crippen LogP contribution in [0.15, 0.2) is 0 Å². The van der Waals surface area contributed by atoms with Gasteiger partial charge in [-0.2, -0.15) is 0 Å². The third-order valence-corrected chi connectivity index (χ3v) is 3.25. The molecule has 1 fully saturated rings. The van der Waals surface area contributed by atoms with Gasteiger partial charge < -0.3 is 15.3 Å². The van der Waals surface area contributed by atoms with Crippen LogP contribution in [-0.2, 0) is 0 Å². The molecule has 1 aliphatic heterocycles. The molecular formula is C13H26N2O2. The van der Waals surface area contributed by atoms with Crippen molar-refractivity contribution < 1.29 is 9.90 Å². The van der Waals surface area contributed by atoms with Crippen LogP contribution in [0.25, 0.3) is 0 Å². The summed E-state index contributed by atoms with van der Waals surface area (Å²) >= 11 is 0. The summed E-state index contributed by atoms with van der Waals surface area (Å²) in [5.41, 5.74) is 0. The molecule has 0 atom stereocenters. The first-order valence-corrected chi connectivity index (χ1v) is 6.98. The van der Waals surface area contributed by atoms with Crippen molar-refractivity contribution in [2.45, 2.75) is 51.4 Å². The fourth-order valence-corrected chi connectivity index (χ4v) is 2.17. The Labute approximate surface area is 104 Å². The highest BCUT2D eigenvalue weighted by atomic mass is 16.2. The molecule has 100 valence electrons. The Morgan fingerprint density at radius 1 is 1.00 bits per heavy atom. The average Bonchev–Trinajstić information content (AvgIpc) is 2.62. The Kier molecular flexibility index (Phi) is 7.80. The Morgan fingerprint density at radius 3 is 2.29 bits per heavy atom. The van der Waals surface area contributed by atoms with Crippen LogP contribution in [0.4, 0.5) is 4.79 Å². The number of aliphatic hydroxyl groups is 1. The molecule has 0 aliphatic carbocycles. The number of carbonyl (C=O) groups excluding carboxylic acids is 1. The van der Waals surface area contributed by atoms with E-state index in [4.69, 9.17) is 5.11 Å². The number of hydrogen-bond donors (Lipinski definition) is 2. The van der Waals surface area contributed by atoms with Crippen molar-refractivity contribution in [3.63, 3.8) is 0 Å². The Morgan fingerprint density at radius 2 is 1.65 bits per heavy atom. The fraction of sp³-hybridized carbons (Fsp3) is 0.923. The third-order valence-electron chi connectivity index (χ3n) is 3.25. The van der Waals surface area contributed by atoms with Crippen LogP contribution in [0.5, 0.6) is 0 Å². The van der Waals surface area contributed by atoms with E-state index in [9.17, 15) is 4.79 Å². The van der Waals surface area contributed by atoms with Crippen molar-refractivity contribution in [1.82, 2.24) is 10.2 Å². The second-order valence-electron chi connectivity index (χ2n) is 4.77. The lowest BCUT2D eigenvalue weighted by molar-refractivity contribution is 0.199. The minimum atomic E-state index is 0.106. The van der Waals surface area contributed by atoms with Gasteiger partial charge in [-0.25, -0.2) is 4.79 Å². The largest absolute Gasteiger partial charge is 0.396 e. The SMILES string of the molecule is O=C(NCCCCCCO)N1CCCCCC1. The molecule has 4 nitrogen and oxygen atoms in total. The normalized spacial score (nSPS) is 16.6. The van der Waals surface area contributed by atoms with Gasteiger partial charge in [0.1, 0.15) is 0 Å². The summed E-state index contributed by atoms with van der Waals surface area (Å²) in [5, 5.41) is 11.6. The van der Waals surface area contributed by atoms with Gasteiger partial charge in [0.2, 0.25) is 0 Å². The summed E-state index contributed by atoms with van der Waals surface area (Å²) < 4.78 is 0. The molecule has 0 saturated carbocycles. The molecule has 0 spiro atoms. The topological polar surface area (TPSA) is 52.6 Å². The number of nitrogens with zero attached hydrogens (tertiary/aromatic N) is 1. The molecule has 1 rings (SSSR count). The van der Waals surface area contributed by atoms with Gasteiger partial charge in [-0.05, 0) is 25.7 Å². The van der Waals surface area contributed by atoms with Crippen molar-refractivity contribution in [1.29, 1.82) is 0 Å². The molecule has 0 aromatic rings. The molecule has 0 bridgehead atoms. The number of urea groups is 1. The minimum Gasteiger partial charge on any atom is -0.396 e. The lowest BCUT2D eigenvalue weighted by atomic mass is 10.2. The van der Waals surface area contributed by atoms with Crippen LogP contribution in [0.1, 0.15) is 51.4 Å². The van der Waals surface area contributed by atoms with Crippen molar-refractivity contribution in [3.05, 3.63) is 0 Å². The molecular weight excluding hydrogens is 216 g/mol. The number of aliphatic hydroxyl groups excluding tert-OH is 1. The Bertz CT molecular complexity index is 202. The van der Waals surface area contributed by atoms with Crippen LogP contribution >= 0.6 is 0 Å². The van der Waals surface area contributed by atoms with E-state index in [1.807, 2.05) is 4.90 Å². The van der Waals surface area contributed by atoms with Crippen LogP contribution in [-0.4, -0.2) is 42.3 Å². The molecule has 2 N–H and O–H groups in total. The summed E-state index contributed by atoms with van der Waals surface area (Å²) in [7, 11) is 0. The molecule has 2 amide bonds. The van der Waals surface area contributed by atoms with E-state index in [1.165, 1.54) is 12.8 Å². The van der Waals surface area contributed by atoms with E-state index < -0.39 is 0 Å². The van der Waals surface area contributed by atoms with Gasteiger partial charge in [0.15, 0.2) is 0 Å². The number of unbranched alkanes of at least 4 members (excludes halogenated alkanes) is 3. The zero-order valence-corrected chi connectivity index (χ0v) is 10.8. The molecule has 1 saturated heterocycles. The summed E-state index contributed by atoms with van der Waals surface area (Å²) in [4.78, 5) is 13.8. The van der Waals surface area contributed by atoms with Gasteiger partial charge in [-0.1, -0.05) is 25.7 Å². The van der Waals surface area contributed by atoms with Gasteiger partial charge in [-0.3, -0.25) is 0 Å². The molecule has 17 heavy (non-hydrogen) atoms. The van der Waals surface area contributed by atoms with Gasteiger partial charge in [0.25, 0.3) is 0 Å². The van der Waals surface area contributed by atoms with Crippen molar-refractivity contribution in [3.8, 4) is 0 Å². The molecule has 0 unspecified atom stereocenters. The number of hydrogen-bond acceptors (Lipinski definition) is 2. The van der Waals surface area contributed by atoms with E-state index in [2.05, 4.69) is 5.32 Å². The first kappa shape index (κ1) is 14.3. The smallest absolute Gasteiger partial charge is 0.317 e. The number of nitrogens with one attached hydrogen (secondary N) is 1. The number of carbonyl (C=O) groups is 1. The number of rotatable bonds is 6. The van der Waals surface area contributed by atoms with Crippen LogP contribution < -0.4 is 5.32 Å². The van der Waals surface area contributed by atoms with Crippen LogP contribution in [0.2, 0.25) is 0 Å². The lowest BCUT2D eigenvalue weighted by Crippen LogP contribution is -2.40. The summed E-state index contributed by atoms with van der Waals surface area (Å²) in [5.74, 6) is 0. The molecule has 0 aromatic heterocycles. The van der Waals surface area contributed by atoms with Gasteiger partial charge in [0, 0.05) is 26.2 Å². The number of likely N-dealkylation sites (tertiary alicyclic amines) is 1. The molecule has 4 heteroatoms. The highest BCUT2D eigenvalue weighted by Crippen LogP contribution is 2.09. The standard InChI is InChI=1S/C13H26N2O2/c16-12-8-4-1-5-9-14-13(17)15-10-6-2-3-7-11-15/h16H,1-12H2,(H,14,17). The third kappa shape index (κ3) is 6.51. The van der Waals surface area contributed by atoms with E-state index in [0.29, 0.717) is 0 Å². The Hall–Kier alpha value is -0.770. The van der Waals surface area contributed by atoms with E-state index in [1.54, 1.807) is 0 Å². The maximum Gasteiger partial charge on any atom is 0.317 e. The summed E-state index contributed by atoms with van der Waals surface area (Å²) in [6.07, 6.45) is 8.82. The fourth-order valence-electron chi connectivity index (χ4n) is 2.17. The maximum absolute atomic E-state index is 11.8. The molecule has 1 aliphatic rings. The quantitative estimate of drug-likeness (QED) is 0.701. The van der Waals surface area contributed by atoms with Gasteiger partial charge >= 0.3 is 6.03 Å². The van der Waals surface area contributed by atoms with E-state index in [0.717, 1.165) is 58.2 Å². The first-order chi connectivity index (χ1) is 8.34. The zero-order valence-electron chi connectivity index (χ0n) is 10.8. The number of amides is 2. The van der Waals surface area contributed by atoms with Crippen molar-refractivity contribution in [2.75, 3.05) is 26.2 Å².